The van der Waals surface area contributed by atoms with Gasteiger partial charge in [-0.15, -0.1) is 0 Å². The second-order valence-corrected chi connectivity index (χ2v) is 7.77. The van der Waals surface area contributed by atoms with E-state index in [1.165, 1.54) is 19.4 Å². The standard InChI is InChI=1S/C26H29N3O6/c1-16(29-22(30)15-28-26(32)24-25(31)21(35-4)13-14-27-24)23(17-5-9-19(33-2)10-6-17)18-7-11-20(34-3)12-8-18/h5-14,16,23,31H,15H2,1-4H3,(H,28,32)(H,29,30)/t16-/m0/s1. The molecule has 0 saturated heterocycles. The molecule has 0 radical (unpaired) electrons. The Balaban J connectivity index is 1.73. The van der Waals surface area contributed by atoms with Crippen LogP contribution in [-0.4, -0.2) is 55.8 Å². The zero-order chi connectivity index (χ0) is 25.4. The van der Waals surface area contributed by atoms with Crippen LogP contribution in [0.2, 0.25) is 0 Å². The Morgan fingerprint density at radius 3 is 1.91 bits per heavy atom. The van der Waals surface area contributed by atoms with E-state index in [0.717, 1.165) is 22.6 Å². The summed E-state index contributed by atoms with van der Waals surface area (Å²) in [4.78, 5) is 29.0. The third kappa shape index (κ3) is 6.20. The van der Waals surface area contributed by atoms with Crippen LogP contribution in [0.5, 0.6) is 23.0 Å². The molecule has 0 bridgehead atoms. The quantitative estimate of drug-likeness (QED) is 0.409. The number of hydrogen-bond acceptors (Lipinski definition) is 7. The summed E-state index contributed by atoms with van der Waals surface area (Å²) in [7, 11) is 4.58. The summed E-state index contributed by atoms with van der Waals surface area (Å²) in [6, 6.07) is 16.4. The molecule has 3 aromatic rings. The molecule has 3 N–H and O–H groups in total. The summed E-state index contributed by atoms with van der Waals surface area (Å²) >= 11 is 0. The maximum absolute atomic E-state index is 12.7. The normalized spacial score (nSPS) is 11.5. The average molecular weight is 480 g/mol. The van der Waals surface area contributed by atoms with Crippen LogP contribution in [0.25, 0.3) is 0 Å². The van der Waals surface area contributed by atoms with Crippen molar-refractivity contribution in [1.29, 1.82) is 0 Å². The zero-order valence-electron chi connectivity index (χ0n) is 20.1. The van der Waals surface area contributed by atoms with Crippen molar-refractivity contribution >= 4 is 11.8 Å². The molecule has 0 aliphatic rings. The zero-order valence-corrected chi connectivity index (χ0v) is 20.1. The molecular formula is C26H29N3O6. The molecule has 9 heteroatoms. The van der Waals surface area contributed by atoms with E-state index in [4.69, 9.17) is 14.2 Å². The van der Waals surface area contributed by atoms with Crippen molar-refractivity contribution in [3.05, 3.63) is 77.6 Å². The van der Waals surface area contributed by atoms with Gasteiger partial charge in [0.25, 0.3) is 5.91 Å². The van der Waals surface area contributed by atoms with E-state index in [1.54, 1.807) is 14.2 Å². The first-order valence-corrected chi connectivity index (χ1v) is 10.9. The Bertz CT molecular complexity index is 1100. The topological polar surface area (TPSA) is 119 Å². The van der Waals surface area contributed by atoms with Gasteiger partial charge in [0.05, 0.1) is 27.9 Å². The molecular weight excluding hydrogens is 450 g/mol. The highest BCUT2D eigenvalue weighted by molar-refractivity contribution is 5.97. The van der Waals surface area contributed by atoms with E-state index >= 15 is 0 Å². The lowest BCUT2D eigenvalue weighted by atomic mass is 9.85. The maximum Gasteiger partial charge on any atom is 0.274 e. The monoisotopic (exact) mass is 479 g/mol. The summed E-state index contributed by atoms with van der Waals surface area (Å²) in [5.41, 5.74) is 1.75. The molecule has 1 aromatic heterocycles. The van der Waals surface area contributed by atoms with Crippen LogP contribution >= 0.6 is 0 Å². The molecule has 1 atom stereocenters. The largest absolute Gasteiger partial charge is 0.503 e. The van der Waals surface area contributed by atoms with Gasteiger partial charge in [0.2, 0.25) is 5.91 Å². The molecule has 0 saturated carbocycles. The predicted octanol–water partition coefficient (Wildman–Crippen LogP) is 2.88. The molecule has 0 fully saturated rings. The first-order chi connectivity index (χ1) is 16.9. The van der Waals surface area contributed by atoms with Gasteiger partial charge in [-0.1, -0.05) is 24.3 Å². The van der Waals surface area contributed by atoms with Gasteiger partial charge in [0, 0.05) is 24.2 Å². The second-order valence-electron chi connectivity index (χ2n) is 7.77. The summed E-state index contributed by atoms with van der Waals surface area (Å²) < 4.78 is 15.5. The number of pyridine rings is 1. The minimum absolute atomic E-state index is 0.116. The number of aromatic hydroxyl groups is 1. The van der Waals surface area contributed by atoms with Crippen LogP contribution in [0.3, 0.4) is 0 Å². The number of carbonyl (C=O) groups is 2. The maximum atomic E-state index is 12.7. The third-order valence-corrected chi connectivity index (χ3v) is 5.57. The highest BCUT2D eigenvalue weighted by Gasteiger charge is 2.24. The minimum Gasteiger partial charge on any atom is -0.503 e. The van der Waals surface area contributed by atoms with Crippen molar-refractivity contribution in [3.8, 4) is 23.0 Å². The number of rotatable bonds is 10. The van der Waals surface area contributed by atoms with Crippen molar-refractivity contribution in [1.82, 2.24) is 15.6 Å². The number of ether oxygens (including phenoxy) is 3. The van der Waals surface area contributed by atoms with Gasteiger partial charge < -0.3 is 30.0 Å². The number of carbonyl (C=O) groups excluding carboxylic acids is 2. The van der Waals surface area contributed by atoms with Crippen LogP contribution in [0.1, 0.15) is 34.5 Å². The fourth-order valence-electron chi connectivity index (χ4n) is 3.79. The van der Waals surface area contributed by atoms with E-state index < -0.39 is 5.91 Å². The molecule has 0 aliphatic heterocycles. The summed E-state index contributed by atoms with van der Waals surface area (Å²) in [5.74, 6) is -0.0562. The molecule has 0 unspecified atom stereocenters. The van der Waals surface area contributed by atoms with E-state index in [1.807, 2.05) is 55.5 Å². The molecule has 1 heterocycles. The molecule has 3 rings (SSSR count). The van der Waals surface area contributed by atoms with Crippen LogP contribution in [0, 0.1) is 0 Å². The smallest absolute Gasteiger partial charge is 0.274 e. The highest BCUT2D eigenvalue weighted by Crippen LogP contribution is 2.31. The Morgan fingerprint density at radius 1 is 0.886 bits per heavy atom. The van der Waals surface area contributed by atoms with Gasteiger partial charge in [0.1, 0.15) is 11.5 Å². The number of aromatic nitrogens is 1. The van der Waals surface area contributed by atoms with E-state index in [-0.39, 0.29) is 41.6 Å². The van der Waals surface area contributed by atoms with Gasteiger partial charge >= 0.3 is 0 Å². The van der Waals surface area contributed by atoms with Crippen LogP contribution in [-0.2, 0) is 4.79 Å². The number of nitrogens with one attached hydrogen (secondary N) is 2. The summed E-state index contributed by atoms with van der Waals surface area (Å²) in [6.07, 6.45) is 1.34. The van der Waals surface area contributed by atoms with Gasteiger partial charge in [-0.3, -0.25) is 9.59 Å². The molecule has 0 aliphatic carbocycles. The van der Waals surface area contributed by atoms with Crippen LogP contribution in [0.4, 0.5) is 0 Å². The second kappa shape index (κ2) is 11.7. The Labute approximate surface area is 204 Å². The first-order valence-electron chi connectivity index (χ1n) is 10.9. The molecule has 35 heavy (non-hydrogen) atoms. The lowest BCUT2D eigenvalue weighted by Gasteiger charge is -2.26. The Kier molecular flexibility index (Phi) is 8.50. The average Bonchev–Trinajstić information content (AvgIpc) is 2.88. The SMILES string of the molecule is COc1ccc(C(c2ccc(OC)cc2)[C@H](C)NC(=O)CNC(=O)c2nccc(OC)c2O)cc1. The van der Waals surface area contributed by atoms with E-state index in [9.17, 15) is 14.7 Å². The van der Waals surface area contributed by atoms with Gasteiger partial charge in [0.15, 0.2) is 17.2 Å². The molecule has 184 valence electrons. The molecule has 9 nitrogen and oxygen atoms in total. The first kappa shape index (κ1) is 25.4. The summed E-state index contributed by atoms with van der Waals surface area (Å²) in [5, 5.41) is 15.5. The van der Waals surface area contributed by atoms with Gasteiger partial charge in [-0.25, -0.2) is 4.98 Å². The minimum atomic E-state index is -0.689. The fraction of sp³-hybridized carbons (Fsp3) is 0.269. The van der Waals surface area contributed by atoms with E-state index in [0.29, 0.717) is 0 Å². The molecule has 0 spiro atoms. The van der Waals surface area contributed by atoms with Crippen LogP contribution < -0.4 is 24.8 Å². The summed E-state index contributed by atoms with van der Waals surface area (Å²) in [6.45, 7) is 1.60. The Morgan fingerprint density at radius 2 is 1.43 bits per heavy atom. The van der Waals surface area contributed by atoms with Crippen molar-refractivity contribution < 1.29 is 28.9 Å². The van der Waals surface area contributed by atoms with E-state index in [2.05, 4.69) is 15.6 Å². The number of benzene rings is 2. The number of nitrogens with zero attached hydrogens (tertiary/aromatic N) is 1. The lowest BCUT2D eigenvalue weighted by Crippen LogP contribution is -2.43. The third-order valence-electron chi connectivity index (χ3n) is 5.57. The highest BCUT2D eigenvalue weighted by atomic mass is 16.5. The lowest BCUT2D eigenvalue weighted by molar-refractivity contribution is -0.120. The van der Waals surface area contributed by atoms with Crippen molar-refractivity contribution in [2.75, 3.05) is 27.9 Å². The van der Waals surface area contributed by atoms with Gasteiger partial charge in [-0.2, -0.15) is 0 Å². The number of hydrogen-bond donors (Lipinski definition) is 3. The molecule has 2 amide bonds. The van der Waals surface area contributed by atoms with Crippen molar-refractivity contribution in [2.24, 2.45) is 0 Å². The van der Waals surface area contributed by atoms with Crippen LogP contribution in [0.15, 0.2) is 60.8 Å². The number of methoxy groups -OCH3 is 3. The number of amides is 2. The fourth-order valence-corrected chi connectivity index (χ4v) is 3.79. The molecule has 2 aromatic carbocycles. The van der Waals surface area contributed by atoms with Crippen molar-refractivity contribution in [3.63, 3.8) is 0 Å². The van der Waals surface area contributed by atoms with Crippen molar-refractivity contribution in [2.45, 2.75) is 18.9 Å². The van der Waals surface area contributed by atoms with Gasteiger partial charge in [-0.05, 0) is 42.3 Å². The predicted molar refractivity (Wildman–Crippen MR) is 130 cm³/mol. The Hall–Kier alpha value is -4.27.